The Morgan fingerprint density at radius 1 is 1.43 bits per heavy atom. The molecule has 0 radical (unpaired) electrons. The quantitative estimate of drug-likeness (QED) is 0.832. The van der Waals surface area contributed by atoms with Gasteiger partial charge in [-0.1, -0.05) is 0 Å². The molecule has 74 valence electrons. The van der Waals surface area contributed by atoms with Crippen molar-refractivity contribution in [3.05, 3.63) is 26.4 Å². The number of halogens is 4. The molecule has 14 heavy (non-hydrogen) atoms. The summed E-state index contributed by atoms with van der Waals surface area (Å²) in [5, 5.41) is 8.45. The minimum Gasteiger partial charge on any atom is -0.254 e. The maximum atomic E-state index is 12.3. The summed E-state index contributed by atoms with van der Waals surface area (Å²) in [6.45, 7) is 0. The average molecular weight is 326 g/mol. The van der Waals surface area contributed by atoms with E-state index >= 15 is 0 Å². The maximum absolute atomic E-state index is 12.3. The van der Waals surface area contributed by atoms with Gasteiger partial charge in [0.2, 0.25) is 0 Å². The minimum absolute atomic E-state index is 0.135. The molecule has 0 atom stereocenters. The number of aromatic nitrogens is 1. The van der Waals surface area contributed by atoms with Gasteiger partial charge in [0.1, 0.15) is 5.69 Å². The Labute approximate surface area is 96.2 Å². The molecule has 0 N–H and O–H groups in total. The Balaban J connectivity index is 3.20. The molecule has 0 aliphatic rings. The van der Waals surface area contributed by atoms with Gasteiger partial charge < -0.3 is 0 Å². The molecule has 0 spiro atoms. The molecule has 0 saturated carbocycles. The van der Waals surface area contributed by atoms with Gasteiger partial charge in [-0.15, -0.1) is 0 Å². The second-order valence-corrected chi connectivity index (χ2v) is 4.02. The van der Waals surface area contributed by atoms with Crippen molar-refractivity contribution in [2.75, 3.05) is 0 Å². The van der Waals surface area contributed by atoms with Crippen molar-refractivity contribution in [2.24, 2.45) is 0 Å². The van der Waals surface area contributed by atoms with Crippen LogP contribution in [0.1, 0.15) is 17.7 Å². The molecule has 0 aliphatic carbocycles. The molecule has 0 aromatic carbocycles. The van der Waals surface area contributed by atoms with Gasteiger partial charge in [-0.25, -0.2) is 8.78 Å². The third-order valence-electron chi connectivity index (χ3n) is 1.54. The SMILES string of the molecule is N#CCc1cnc(C(F)F)c(Br)c1Br. The van der Waals surface area contributed by atoms with E-state index < -0.39 is 6.43 Å². The predicted molar refractivity (Wildman–Crippen MR) is 53.9 cm³/mol. The Kier molecular flexibility index (Phi) is 3.96. The zero-order valence-corrected chi connectivity index (χ0v) is 9.94. The van der Waals surface area contributed by atoms with E-state index in [-0.39, 0.29) is 16.6 Å². The lowest BCUT2D eigenvalue weighted by Gasteiger charge is -2.06. The lowest BCUT2D eigenvalue weighted by molar-refractivity contribution is 0.145. The van der Waals surface area contributed by atoms with Crippen LogP contribution in [0.5, 0.6) is 0 Å². The van der Waals surface area contributed by atoms with E-state index in [1.807, 2.05) is 6.07 Å². The topological polar surface area (TPSA) is 36.7 Å². The summed E-state index contributed by atoms with van der Waals surface area (Å²) < 4.78 is 25.4. The molecule has 1 heterocycles. The molecule has 0 unspecified atom stereocenters. The fourth-order valence-corrected chi connectivity index (χ4v) is 1.85. The molecule has 0 saturated heterocycles. The van der Waals surface area contributed by atoms with E-state index in [0.29, 0.717) is 10.0 Å². The molecule has 0 amide bonds. The standard InChI is InChI=1S/C8H4Br2F2N2/c9-5-4(1-2-13)3-14-7(6(5)10)8(11)12/h3,8H,1H2. The first kappa shape index (κ1) is 11.5. The van der Waals surface area contributed by atoms with Crippen LogP contribution in [0.25, 0.3) is 0 Å². The van der Waals surface area contributed by atoms with Crippen LogP contribution in [0.3, 0.4) is 0 Å². The van der Waals surface area contributed by atoms with Crippen LogP contribution >= 0.6 is 31.9 Å². The highest BCUT2D eigenvalue weighted by molar-refractivity contribution is 9.13. The number of hydrogen-bond donors (Lipinski definition) is 0. The van der Waals surface area contributed by atoms with E-state index in [4.69, 9.17) is 5.26 Å². The van der Waals surface area contributed by atoms with Crippen LogP contribution in [-0.4, -0.2) is 4.98 Å². The van der Waals surface area contributed by atoms with Crippen LogP contribution < -0.4 is 0 Å². The van der Waals surface area contributed by atoms with Crippen LogP contribution in [0.15, 0.2) is 15.1 Å². The normalized spacial score (nSPS) is 10.3. The lowest BCUT2D eigenvalue weighted by Crippen LogP contribution is -1.96. The molecule has 1 rings (SSSR count). The van der Waals surface area contributed by atoms with Gasteiger partial charge in [-0.05, 0) is 37.4 Å². The fourth-order valence-electron chi connectivity index (χ4n) is 0.875. The maximum Gasteiger partial charge on any atom is 0.281 e. The van der Waals surface area contributed by atoms with Crippen molar-refractivity contribution in [2.45, 2.75) is 12.8 Å². The Bertz CT molecular complexity index is 388. The lowest BCUT2D eigenvalue weighted by atomic mass is 10.2. The summed E-state index contributed by atoms with van der Waals surface area (Å²) >= 11 is 6.13. The van der Waals surface area contributed by atoms with E-state index in [9.17, 15) is 8.78 Å². The van der Waals surface area contributed by atoms with Crippen molar-refractivity contribution >= 4 is 31.9 Å². The molecular formula is C8H4Br2F2N2. The van der Waals surface area contributed by atoms with Crippen LogP contribution in [0.4, 0.5) is 8.78 Å². The summed E-state index contributed by atoms with van der Waals surface area (Å²) in [6.07, 6.45) is -1.22. The summed E-state index contributed by atoms with van der Waals surface area (Å²) in [6, 6.07) is 1.92. The summed E-state index contributed by atoms with van der Waals surface area (Å²) in [5.41, 5.74) is 0.266. The van der Waals surface area contributed by atoms with Gasteiger partial charge in [-0.3, -0.25) is 4.98 Å². The highest BCUT2D eigenvalue weighted by Gasteiger charge is 2.17. The van der Waals surface area contributed by atoms with Gasteiger partial charge in [-0.2, -0.15) is 5.26 Å². The summed E-state index contributed by atoms with van der Waals surface area (Å²) in [5.74, 6) is 0. The first-order chi connectivity index (χ1) is 6.57. The zero-order chi connectivity index (χ0) is 10.7. The van der Waals surface area contributed by atoms with E-state index in [1.54, 1.807) is 0 Å². The van der Waals surface area contributed by atoms with Crippen molar-refractivity contribution in [3.8, 4) is 6.07 Å². The fraction of sp³-hybridized carbons (Fsp3) is 0.250. The predicted octanol–water partition coefficient (Wildman–Crippen LogP) is 3.61. The van der Waals surface area contributed by atoms with Crippen molar-refractivity contribution in [3.63, 3.8) is 0 Å². The largest absolute Gasteiger partial charge is 0.281 e. The molecule has 2 nitrogen and oxygen atoms in total. The molecule has 0 bridgehead atoms. The molecule has 6 heteroatoms. The first-order valence-corrected chi connectivity index (χ1v) is 5.14. The second-order valence-electron chi connectivity index (χ2n) is 2.43. The zero-order valence-electron chi connectivity index (χ0n) is 6.77. The molecule has 0 fully saturated rings. The van der Waals surface area contributed by atoms with Crippen LogP contribution in [0.2, 0.25) is 0 Å². The molecular weight excluding hydrogens is 322 g/mol. The smallest absolute Gasteiger partial charge is 0.254 e. The number of alkyl halides is 2. The van der Waals surface area contributed by atoms with Crippen LogP contribution in [-0.2, 0) is 6.42 Å². The highest BCUT2D eigenvalue weighted by atomic mass is 79.9. The Morgan fingerprint density at radius 2 is 2.07 bits per heavy atom. The van der Waals surface area contributed by atoms with Gasteiger partial charge in [0, 0.05) is 10.7 Å². The first-order valence-electron chi connectivity index (χ1n) is 3.55. The van der Waals surface area contributed by atoms with E-state index in [2.05, 4.69) is 36.8 Å². The number of pyridine rings is 1. The number of nitrogens with zero attached hydrogens (tertiary/aromatic N) is 2. The van der Waals surface area contributed by atoms with Crippen LogP contribution in [0, 0.1) is 11.3 Å². The van der Waals surface area contributed by atoms with Gasteiger partial charge in [0.15, 0.2) is 0 Å². The average Bonchev–Trinajstić information content (AvgIpc) is 2.13. The molecule has 1 aromatic heterocycles. The Morgan fingerprint density at radius 3 is 2.57 bits per heavy atom. The van der Waals surface area contributed by atoms with E-state index in [0.717, 1.165) is 0 Å². The van der Waals surface area contributed by atoms with Gasteiger partial charge >= 0.3 is 0 Å². The third-order valence-corrected chi connectivity index (χ3v) is 3.78. The van der Waals surface area contributed by atoms with Gasteiger partial charge in [0.05, 0.1) is 17.0 Å². The summed E-state index contributed by atoms with van der Waals surface area (Å²) in [4.78, 5) is 3.58. The number of rotatable bonds is 2. The highest BCUT2D eigenvalue weighted by Crippen LogP contribution is 2.33. The summed E-state index contributed by atoms with van der Waals surface area (Å²) in [7, 11) is 0. The number of nitriles is 1. The second kappa shape index (κ2) is 4.80. The van der Waals surface area contributed by atoms with Gasteiger partial charge in [0.25, 0.3) is 6.43 Å². The Hall–Kier alpha value is -0.540. The third kappa shape index (κ3) is 2.28. The minimum atomic E-state index is -2.63. The monoisotopic (exact) mass is 324 g/mol. The molecule has 0 aliphatic heterocycles. The van der Waals surface area contributed by atoms with Crippen molar-refractivity contribution < 1.29 is 8.78 Å². The van der Waals surface area contributed by atoms with E-state index in [1.165, 1.54) is 6.20 Å². The number of hydrogen-bond acceptors (Lipinski definition) is 2. The molecule has 1 aromatic rings. The van der Waals surface area contributed by atoms with Crippen molar-refractivity contribution in [1.29, 1.82) is 5.26 Å². The van der Waals surface area contributed by atoms with Crippen molar-refractivity contribution in [1.82, 2.24) is 4.98 Å².